The summed E-state index contributed by atoms with van der Waals surface area (Å²) in [6.07, 6.45) is -0.469. The maximum absolute atomic E-state index is 10.2. The normalized spacial score (nSPS) is 18.9. The van der Waals surface area contributed by atoms with E-state index in [9.17, 15) is 5.11 Å². The first-order valence-corrected chi connectivity index (χ1v) is 5.91. The van der Waals surface area contributed by atoms with Gasteiger partial charge in [-0.25, -0.2) is 0 Å². The minimum atomic E-state index is -0.469. The number of ether oxygens (including phenoxy) is 2. The van der Waals surface area contributed by atoms with E-state index in [2.05, 4.69) is 4.90 Å². The molecule has 1 unspecified atom stereocenters. The predicted molar refractivity (Wildman–Crippen MR) is 65.2 cm³/mol. The van der Waals surface area contributed by atoms with Crippen molar-refractivity contribution in [3.05, 3.63) is 29.8 Å². The number of hydrogen-bond acceptors (Lipinski definition) is 4. The van der Waals surface area contributed by atoms with Crippen molar-refractivity contribution in [3.8, 4) is 5.75 Å². The first-order valence-electron chi connectivity index (χ1n) is 5.91. The van der Waals surface area contributed by atoms with Crippen LogP contribution in [0.5, 0.6) is 5.75 Å². The van der Waals surface area contributed by atoms with Crippen molar-refractivity contribution in [2.75, 3.05) is 40.0 Å². The summed E-state index contributed by atoms with van der Waals surface area (Å²) in [5.41, 5.74) is 0.899. The average molecular weight is 237 g/mol. The fourth-order valence-corrected chi connectivity index (χ4v) is 1.98. The molecule has 0 radical (unpaired) electrons. The van der Waals surface area contributed by atoms with Gasteiger partial charge in [-0.15, -0.1) is 0 Å². The third-order valence-corrected chi connectivity index (χ3v) is 3.01. The number of nitrogens with zero attached hydrogens (tertiary/aromatic N) is 1. The standard InChI is InChI=1S/C13H19NO3/c1-16-12-4-2-3-11(9-12)13(15)10-14-5-7-17-8-6-14/h2-4,9,13,15H,5-8,10H2,1H3. The summed E-state index contributed by atoms with van der Waals surface area (Å²) in [6.45, 7) is 3.94. The van der Waals surface area contributed by atoms with Gasteiger partial charge in [0.2, 0.25) is 0 Å². The van der Waals surface area contributed by atoms with E-state index in [0.717, 1.165) is 37.6 Å². The molecular formula is C13H19NO3. The summed E-state index contributed by atoms with van der Waals surface area (Å²) < 4.78 is 10.4. The van der Waals surface area contributed by atoms with E-state index in [-0.39, 0.29) is 0 Å². The van der Waals surface area contributed by atoms with E-state index in [1.165, 1.54) is 0 Å². The topological polar surface area (TPSA) is 41.9 Å². The predicted octanol–water partition coefficient (Wildman–Crippen LogP) is 1.06. The number of methoxy groups -OCH3 is 1. The minimum absolute atomic E-state index is 0.469. The molecule has 1 N–H and O–H groups in total. The van der Waals surface area contributed by atoms with Gasteiger partial charge in [-0.3, -0.25) is 4.90 Å². The van der Waals surface area contributed by atoms with Crippen molar-refractivity contribution in [2.45, 2.75) is 6.10 Å². The molecule has 2 rings (SSSR count). The zero-order chi connectivity index (χ0) is 12.1. The fraction of sp³-hybridized carbons (Fsp3) is 0.538. The Kier molecular flexibility index (Phi) is 4.36. The summed E-state index contributed by atoms with van der Waals surface area (Å²) in [5.74, 6) is 0.781. The first kappa shape index (κ1) is 12.4. The van der Waals surface area contributed by atoms with Crippen LogP contribution in [0, 0.1) is 0 Å². The molecule has 0 bridgehead atoms. The van der Waals surface area contributed by atoms with Crippen LogP contribution in [0.15, 0.2) is 24.3 Å². The van der Waals surface area contributed by atoms with Crippen LogP contribution in [0.25, 0.3) is 0 Å². The lowest BCUT2D eigenvalue weighted by Gasteiger charge is -2.28. The number of hydrogen-bond donors (Lipinski definition) is 1. The smallest absolute Gasteiger partial charge is 0.119 e. The number of morpholine rings is 1. The molecule has 4 nitrogen and oxygen atoms in total. The maximum atomic E-state index is 10.2. The average Bonchev–Trinajstić information content (AvgIpc) is 2.40. The largest absolute Gasteiger partial charge is 0.497 e. The van der Waals surface area contributed by atoms with E-state index in [4.69, 9.17) is 9.47 Å². The van der Waals surface area contributed by atoms with Crippen LogP contribution in [0.1, 0.15) is 11.7 Å². The number of rotatable bonds is 4. The zero-order valence-electron chi connectivity index (χ0n) is 10.1. The molecule has 1 aromatic carbocycles. The number of aliphatic hydroxyl groups is 1. The van der Waals surface area contributed by atoms with Gasteiger partial charge in [-0.1, -0.05) is 12.1 Å². The number of β-amino-alcohol motifs (C(OH)–C–C–N with tert-alkyl or cyclic N) is 1. The fourth-order valence-electron chi connectivity index (χ4n) is 1.98. The molecular weight excluding hydrogens is 218 g/mol. The van der Waals surface area contributed by atoms with Gasteiger partial charge in [0.25, 0.3) is 0 Å². The Morgan fingerprint density at radius 3 is 2.88 bits per heavy atom. The van der Waals surface area contributed by atoms with Gasteiger partial charge in [-0.05, 0) is 17.7 Å². The molecule has 4 heteroatoms. The molecule has 1 atom stereocenters. The highest BCUT2D eigenvalue weighted by molar-refractivity contribution is 5.29. The van der Waals surface area contributed by atoms with Gasteiger partial charge in [0, 0.05) is 19.6 Å². The zero-order valence-corrected chi connectivity index (χ0v) is 10.1. The monoisotopic (exact) mass is 237 g/mol. The van der Waals surface area contributed by atoms with E-state index in [1.807, 2.05) is 24.3 Å². The molecule has 0 amide bonds. The van der Waals surface area contributed by atoms with Crippen LogP contribution in [0.3, 0.4) is 0 Å². The number of aliphatic hydroxyl groups excluding tert-OH is 1. The van der Waals surface area contributed by atoms with Gasteiger partial charge in [-0.2, -0.15) is 0 Å². The summed E-state index contributed by atoms with van der Waals surface area (Å²) in [5, 5.41) is 10.2. The van der Waals surface area contributed by atoms with E-state index in [1.54, 1.807) is 7.11 Å². The molecule has 17 heavy (non-hydrogen) atoms. The van der Waals surface area contributed by atoms with Crippen LogP contribution in [0.4, 0.5) is 0 Å². The molecule has 1 heterocycles. The summed E-state index contributed by atoms with van der Waals surface area (Å²) in [4.78, 5) is 2.22. The molecule has 94 valence electrons. The van der Waals surface area contributed by atoms with E-state index >= 15 is 0 Å². The van der Waals surface area contributed by atoms with Crippen LogP contribution in [-0.2, 0) is 4.74 Å². The van der Waals surface area contributed by atoms with Crippen molar-refractivity contribution in [1.82, 2.24) is 4.90 Å². The van der Waals surface area contributed by atoms with Crippen molar-refractivity contribution in [2.24, 2.45) is 0 Å². The van der Waals surface area contributed by atoms with Crippen LogP contribution < -0.4 is 4.74 Å². The Labute approximate surface area is 102 Å². The second kappa shape index (κ2) is 6.00. The van der Waals surface area contributed by atoms with Gasteiger partial charge in [0.1, 0.15) is 5.75 Å². The maximum Gasteiger partial charge on any atom is 0.119 e. The third-order valence-electron chi connectivity index (χ3n) is 3.01. The van der Waals surface area contributed by atoms with Gasteiger partial charge in [0.05, 0.1) is 26.4 Å². The Hall–Kier alpha value is -1.10. The van der Waals surface area contributed by atoms with Crippen LogP contribution in [0.2, 0.25) is 0 Å². The molecule has 1 aromatic rings. The molecule has 1 fully saturated rings. The molecule has 0 spiro atoms. The number of benzene rings is 1. The summed E-state index contributed by atoms with van der Waals surface area (Å²) >= 11 is 0. The van der Waals surface area contributed by atoms with Gasteiger partial charge in [0.15, 0.2) is 0 Å². The minimum Gasteiger partial charge on any atom is -0.497 e. The van der Waals surface area contributed by atoms with Crippen molar-refractivity contribution in [1.29, 1.82) is 0 Å². The first-order chi connectivity index (χ1) is 8.29. The van der Waals surface area contributed by atoms with Crippen molar-refractivity contribution < 1.29 is 14.6 Å². The highest BCUT2D eigenvalue weighted by Gasteiger charge is 2.16. The van der Waals surface area contributed by atoms with Crippen molar-refractivity contribution >= 4 is 0 Å². The lowest BCUT2D eigenvalue weighted by Crippen LogP contribution is -2.38. The highest BCUT2D eigenvalue weighted by atomic mass is 16.5. The molecule has 1 aliphatic heterocycles. The Bertz CT molecular complexity index is 350. The molecule has 1 aliphatic rings. The summed E-state index contributed by atoms with van der Waals surface area (Å²) in [7, 11) is 1.63. The van der Waals surface area contributed by atoms with Gasteiger partial charge >= 0.3 is 0 Å². The Morgan fingerprint density at radius 1 is 1.41 bits per heavy atom. The van der Waals surface area contributed by atoms with Crippen LogP contribution >= 0.6 is 0 Å². The molecule has 0 saturated carbocycles. The third kappa shape index (κ3) is 3.43. The van der Waals surface area contributed by atoms with E-state index in [0.29, 0.717) is 6.54 Å². The Morgan fingerprint density at radius 2 is 2.18 bits per heavy atom. The lowest BCUT2D eigenvalue weighted by atomic mass is 10.1. The molecule has 0 aromatic heterocycles. The lowest BCUT2D eigenvalue weighted by molar-refractivity contribution is 0.0143. The van der Waals surface area contributed by atoms with Crippen LogP contribution in [-0.4, -0.2) is 50.0 Å². The molecule has 1 saturated heterocycles. The van der Waals surface area contributed by atoms with Crippen molar-refractivity contribution in [3.63, 3.8) is 0 Å². The quantitative estimate of drug-likeness (QED) is 0.850. The summed E-state index contributed by atoms with van der Waals surface area (Å²) in [6, 6.07) is 7.58. The van der Waals surface area contributed by atoms with E-state index < -0.39 is 6.10 Å². The highest BCUT2D eigenvalue weighted by Crippen LogP contribution is 2.20. The second-order valence-electron chi connectivity index (χ2n) is 4.21. The van der Waals surface area contributed by atoms with Gasteiger partial charge < -0.3 is 14.6 Å². The second-order valence-corrected chi connectivity index (χ2v) is 4.21. The SMILES string of the molecule is COc1cccc(C(O)CN2CCOCC2)c1. The molecule has 0 aliphatic carbocycles. The Balaban J connectivity index is 1.95.